The van der Waals surface area contributed by atoms with Gasteiger partial charge in [0.1, 0.15) is 11.4 Å². The molecule has 0 unspecified atom stereocenters. The van der Waals surface area contributed by atoms with Gasteiger partial charge in [0.2, 0.25) is 0 Å². The molecule has 0 spiro atoms. The molecular formula is C18H26FN3O3. The lowest BCUT2D eigenvalue weighted by molar-refractivity contribution is 0.0136. The van der Waals surface area contributed by atoms with Crippen molar-refractivity contribution in [3.8, 4) is 0 Å². The van der Waals surface area contributed by atoms with Crippen molar-refractivity contribution >= 4 is 17.7 Å². The lowest BCUT2D eigenvalue weighted by Crippen LogP contribution is -2.56. The highest BCUT2D eigenvalue weighted by Gasteiger charge is 2.32. The number of hydrogen-bond donors (Lipinski definition) is 1. The van der Waals surface area contributed by atoms with E-state index in [1.54, 1.807) is 11.0 Å². The second-order valence-electron chi connectivity index (χ2n) is 7.21. The molecule has 1 fully saturated rings. The molecule has 1 aliphatic rings. The van der Waals surface area contributed by atoms with Gasteiger partial charge >= 0.3 is 6.09 Å². The fourth-order valence-corrected chi connectivity index (χ4v) is 2.90. The van der Waals surface area contributed by atoms with Crippen molar-refractivity contribution in [3.05, 3.63) is 29.6 Å². The van der Waals surface area contributed by atoms with E-state index in [1.807, 2.05) is 32.6 Å². The lowest BCUT2D eigenvalue weighted by atomic mass is 10.1. The van der Waals surface area contributed by atoms with E-state index in [9.17, 15) is 14.0 Å². The van der Waals surface area contributed by atoms with Crippen LogP contribution in [0.2, 0.25) is 0 Å². The molecule has 138 valence electrons. The number of primary amides is 1. The molecule has 2 N–H and O–H groups in total. The highest BCUT2D eigenvalue weighted by atomic mass is 19.1. The van der Waals surface area contributed by atoms with Crippen LogP contribution in [0.4, 0.5) is 14.9 Å². The maximum atomic E-state index is 14.0. The molecular weight excluding hydrogens is 325 g/mol. The van der Waals surface area contributed by atoms with Gasteiger partial charge in [0, 0.05) is 25.3 Å². The monoisotopic (exact) mass is 351 g/mol. The van der Waals surface area contributed by atoms with E-state index in [0.717, 1.165) is 6.42 Å². The number of benzene rings is 1. The first-order valence-electron chi connectivity index (χ1n) is 8.46. The third-order valence-corrected chi connectivity index (χ3v) is 4.17. The number of nitrogens with two attached hydrogens (primary N) is 1. The van der Waals surface area contributed by atoms with Gasteiger partial charge in [0.05, 0.1) is 11.6 Å². The minimum absolute atomic E-state index is 0.0255. The fraction of sp³-hybridized carbons (Fsp3) is 0.556. The largest absolute Gasteiger partial charge is 0.444 e. The molecule has 1 aromatic rings. The minimum atomic E-state index is -0.787. The topological polar surface area (TPSA) is 75.9 Å². The van der Waals surface area contributed by atoms with Gasteiger partial charge in [-0.15, -0.1) is 0 Å². The summed E-state index contributed by atoms with van der Waals surface area (Å²) in [7, 11) is 0. The second-order valence-corrected chi connectivity index (χ2v) is 7.21. The van der Waals surface area contributed by atoms with Gasteiger partial charge < -0.3 is 20.3 Å². The molecule has 0 saturated carbocycles. The summed E-state index contributed by atoms with van der Waals surface area (Å²) in [6.07, 6.45) is 0.437. The molecule has 25 heavy (non-hydrogen) atoms. The van der Waals surface area contributed by atoms with Gasteiger partial charge in [0.25, 0.3) is 5.91 Å². The van der Waals surface area contributed by atoms with Crippen LogP contribution in [0.15, 0.2) is 18.2 Å². The Morgan fingerprint density at radius 3 is 2.52 bits per heavy atom. The molecule has 1 aliphatic heterocycles. The Kier molecular flexibility index (Phi) is 5.55. The molecule has 1 heterocycles. The zero-order valence-electron chi connectivity index (χ0n) is 15.2. The van der Waals surface area contributed by atoms with Crippen LogP contribution in [-0.4, -0.2) is 48.2 Å². The predicted molar refractivity (Wildman–Crippen MR) is 94.1 cm³/mol. The zero-order valence-corrected chi connectivity index (χ0v) is 15.2. The lowest BCUT2D eigenvalue weighted by Gasteiger charge is -2.42. The molecule has 2 amide bonds. The van der Waals surface area contributed by atoms with E-state index in [-0.39, 0.29) is 17.7 Å². The number of carbonyl (C=O) groups excluding carboxylic acids is 2. The van der Waals surface area contributed by atoms with Crippen LogP contribution in [0.1, 0.15) is 44.5 Å². The Morgan fingerprint density at radius 2 is 2.00 bits per heavy atom. The van der Waals surface area contributed by atoms with Crippen LogP contribution in [0.25, 0.3) is 0 Å². The number of halogens is 1. The van der Waals surface area contributed by atoms with Crippen LogP contribution in [0, 0.1) is 5.82 Å². The van der Waals surface area contributed by atoms with Crippen molar-refractivity contribution in [1.29, 1.82) is 0 Å². The Balaban J connectivity index is 2.12. The Labute approximate surface area is 147 Å². The Hall–Kier alpha value is -2.31. The van der Waals surface area contributed by atoms with E-state index in [0.29, 0.717) is 25.3 Å². The van der Waals surface area contributed by atoms with E-state index in [2.05, 4.69) is 0 Å². The molecule has 0 radical (unpaired) electrons. The number of ether oxygens (including phenoxy) is 1. The fourth-order valence-electron chi connectivity index (χ4n) is 2.90. The van der Waals surface area contributed by atoms with Crippen molar-refractivity contribution < 1.29 is 18.7 Å². The van der Waals surface area contributed by atoms with E-state index < -0.39 is 17.3 Å². The highest BCUT2D eigenvalue weighted by Crippen LogP contribution is 2.24. The summed E-state index contributed by atoms with van der Waals surface area (Å²) in [5.74, 6) is -1.42. The first-order valence-corrected chi connectivity index (χ1v) is 8.46. The van der Waals surface area contributed by atoms with Crippen molar-refractivity contribution in [2.24, 2.45) is 5.73 Å². The van der Waals surface area contributed by atoms with Crippen molar-refractivity contribution in [2.75, 3.05) is 24.5 Å². The Morgan fingerprint density at radius 1 is 1.32 bits per heavy atom. The standard InChI is InChI=1S/C18H26FN3O3/c1-5-12-11-21(8-9-22(12)17(24)25-18(2,3)4)13-6-7-14(16(20)23)15(19)10-13/h6-7,10,12H,5,8-9,11H2,1-4H3,(H2,20,23)/t12-/m0/s1. The number of piperazine rings is 1. The molecule has 7 heteroatoms. The summed E-state index contributed by atoms with van der Waals surface area (Å²) in [5, 5.41) is 0. The minimum Gasteiger partial charge on any atom is -0.444 e. The molecule has 1 aromatic carbocycles. The summed E-state index contributed by atoms with van der Waals surface area (Å²) in [4.78, 5) is 27.3. The number of carbonyl (C=O) groups is 2. The molecule has 0 aliphatic carbocycles. The SMILES string of the molecule is CC[C@H]1CN(c2ccc(C(N)=O)c(F)c2)CCN1C(=O)OC(C)(C)C. The molecule has 1 saturated heterocycles. The van der Waals surface area contributed by atoms with Gasteiger partial charge in [-0.1, -0.05) is 6.92 Å². The molecule has 0 aromatic heterocycles. The number of hydrogen-bond acceptors (Lipinski definition) is 4. The van der Waals surface area contributed by atoms with Gasteiger partial charge in [0.15, 0.2) is 0 Å². The van der Waals surface area contributed by atoms with Gasteiger partial charge in [-0.05, 0) is 45.4 Å². The van der Waals surface area contributed by atoms with Crippen LogP contribution < -0.4 is 10.6 Å². The summed E-state index contributed by atoms with van der Waals surface area (Å²) in [6.45, 7) is 9.15. The maximum Gasteiger partial charge on any atom is 0.410 e. The molecule has 6 nitrogen and oxygen atoms in total. The van der Waals surface area contributed by atoms with Crippen molar-refractivity contribution in [3.63, 3.8) is 0 Å². The van der Waals surface area contributed by atoms with Gasteiger partial charge in [-0.25, -0.2) is 9.18 Å². The molecule has 0 bridgehead atoms. The summed E-state index contributed by atoms with van der Waals surface area (Å²) in [5.41, 5.74) is 5.15. The van der Waals surface area contributed by atoms with Gasteiger partial charge in [-0.3, -0.25) is 4.79 Å². The smallest absolute Gasteiger partial charge is 0.410 e. The molecule has 1 atom stereocenters. The number of nitrogens with zero attached hydrogens (tertiary/aromatic N) is 2. The second kappa shape index (κ2) is 7.29. The zero-order chi connectivity index (χ0) is 18.8. The van der Waals surface area contributed by atoms with E-state index >= 15 is 0 Å². The average molecular weight is 351 g/mol. The first kappa shape index (κ1) is 19.0. The Bertz CT molecular complexity index is 657. The van der Waals surface area contributed by atoms with Crippen LogP contribution in [0.5, 0.6) is 0 Å². The number of amides is 2. The normalized spacial score (nSPS) is 18.2. The maximum absolute atomic E-state index is 14.0. The van der Waals surface area contributed by atoms with Crippen molar-refractivity contribution in [1.82, 2.24) is 4.90 Å². The van der Waals surface area contributed by atoms with Crippen LogP contribution in [0.3, 0.4) is 0 Å². The first-order chi connectivity index (χ1) is 11.6. The highest BCUT2D eigenvalue weighted by molar-refractivity contribution is 5.93. The number of anilines is 1. The van der Waals surface area contributed by atoms with Gasteiger partial charge in [-0.2, -0.15) is 0 Å². The van der Waals surface area contributed by atoms with Crippen LogP contribution in [-0.2, 0) is 4.74 Å². The predicted octanol–water partition coefficient (Wildman–Crippen LogP) is 2.76. The summed E-state index contributed by atoms with van der Waals surface area (Å²) in [6, 6.07) is 4.37. The van der Waals surface area contributed by atoms with E-state index in [4.69, 9.17) is 10.5 Å². The quantitative estimate of drug-likeness (QED) is 0.908. The number of rotatable bonds is 3. The van der Waals surface area contributed by atoms with E-state index in [1.165, 1.54) is 12.1 Å². The summed E-state index contributed by atoms with van der Waals surface area (Å²) < 4.78 is 19.5. The third-order valence-electron chi connectivity index (χ3n) is 4.17. The third kappa shape index (κ3) is 4.61. The van der Waals surface area contributed by atoms with Crippen LogP contribution >= 0.6 is 0 Å². The average Bonchev–Trinajstić information content (AvgIpc) is 2.52. The van der Waals surface area contributed by atoms with Crippen molar-refractivity contribution in [2.45, 2.75) is 45.8 Å². The summed E-state index contributed by atoms with van der Waals surface area (Å²) >= 11 is 0. The molecule has 2 rings (SSSR count).